The van der Waals surface area contributed by atoms with Crippen molar-refractivity contribution in [3.8, 4) is 0 Å². The van der Waals surface area contributed by atoms with E-state index in [4.69, 9.17) is 0 Å². The minimum atomic E-state index is -4.65. The average molecular weight is 365 g/mol. The molecule has 2 aromatic rings. The van der Waals surface area contributed by atoms with Crippen LogP contribution < -0.4 is 5.32 Å². The molecule has 24 heavy (non-hydrogen) atoms. The second-order valence-corrected chi connectivity index (χ2v) is 6.80. The standard InChI is InChI=1S/C15H12F5NO2S/c16-14(17)24(22,23)13-7-5-12(6-8-13)21-9-10-1-3-11(4-2-10)15(18,19)20/h1-8,14,21H,9H2. The van der Waals surface area contributed by atoms with E-state index in [2.05, 4.69) is 5.32 Å². The highest BCUT2D eigenvalue weighted by molar-refractivity contribution is 7.91. The van der Waals surface area contributed by atoms with Gasteiger partial charge in [0.25, 0.3) is 0 Å². The summed E-state index contributed by atoms with van der Waals surface area (Å²) >= 11 is 0. The first-order valence-electron chi connectivity index (χ1n) is 6.63. The number of rotatable bonds is 5. The number of sulfone groups is 1. The van der Waals surface area contributed by atoms with Crippen molar-refractivity contribution >= 4 is 15.5 Å². The van der Waals surface area contributed by atoms with Gasteiger partial charge in [-0.3, -0.25) is 0 Å². The van der Waals surface area contributed by atoms with Gasteiger partial charge in [-0.25, -0.2) is 8.42 Å². The Kier molecular flexibility index (Phi) is 5.12. The molecule has 130 valence electrons. The summed E-state index contributed by atoms with van der Waals surface area (Å²) < 4.78 is 84.7. The zero-order chi connectivity index (χ0) is 18.0. The number of benzene rings is 2. The topological polar surface area (TPSA) is 46.2 Å². The van der Waals surface area contributed by atoms with Crippen molar-refractivity contribution in [2.24, 2.45) is 0 Å². The van der Waals surface area contributed by atoms with E-state index in [1.807, 2.05) is 0 Å². The number of anilines is 1. The van der Waals surface area contributed by atoms with E-state index < -0.39 is 32.2 Å². The van der Waals surface area contributed by atoms with Crippen LogP contribution in [0.1, 0.15) is 11.1 Å². The molecule has 0 aliphatic carbocycles. The van der Waals surface area contributed by atoms with Gasteiger partial charge in [-0.05, 0) is 42.0 Å². The summed E-state index contributed by atoms with van der Waals surface area (Å²) in [5.74, 6) is -3.50. The molecule has 0 amide bonds. The normalized spacial score (nSPS) is 12.4. The SMILES string of the molecule is O=S(=O)(c1ccc(NCc2ccc(C(F)(F)F)cc2)cc1)C(F)F. The lowest BCUT2D eigenvalue weighted by molar-refractivity contribution is -0.137. The monoisotopic (exact) mass is 365 g/mol. The highest BCUT2D eigenvalue weighted by Gasteiger charge is 2.30. The molecular weight excluding hydrogens is 353 g/mol. The third-order valence-corrected chi connectivity index (χ3v) is 4.59. The Balaban J connectivity index is 2.03. The van der Waals surface area contributed by atoms with Crippen LogP contribution in [0.3, 0.4) is 0 Å². The zero-order valence-electron chi connectivity index (χ0n) is 12.0. The van der Waals surface area contributed by atoms with Crippen LogP contribution in [0.2, 0.25) is 0 Å². The minimum Gasteiger partial charge on any atom is -0.381 e. The molecule has 0 aliphatic heterocycles. The van der Waals surface area contributed by atoms with E-state index in [0.29, 0.717) is 11.3 Å². The molecular formula is C15H12F5NO2S. The van der Waals surface area contributed by atoms with Gasteiger partial charge in [0.15, 0.2) is 0 Å². The van der Waals surface area contributed by atoms with Crippen LogP contribution in [0, 0.1) is 0 Å². The molecule has 0 unspecified atom stereocenters. The van der Waals surface area contributed by atoms with E-state index in [1.54, 1.807) is 0 Å². The summed E-state index contributed by atoms with van der Waals surface area (Å²) in [6, 6.07) is 9.22. The Labute approximate surface area is 135 Å². The van der Waals surface area contributed by atoms with Crippen LogP contribution in [-0.4, -0.2) is 14.2 Å². The zero-order valence-corrected chi connectivity index (χ0v) is 12.8. The van der Waals surface area contributed by atoms with E-state index >= 15 is 0 Å². The van der Waals surface area contributed by atoms with Crippen molar-refractivity contribution in [3.63, 3.8) is 0 Å². The van der Waals surface area contributed by atoms with Gasteiger partial charge in [-0.2, -0.15) is 22.0 Å². The molecule has 0 fully saturated rings. The number of halogens is 5. The summed E-state index contributed by atoms with van der Waals surface area (Å²) in [6.45, 7) is 0.194. The molecule has 0 saturated carbocycles. The second-order valence-electron chi connectivity index (χ2n) is 4.88. The van der Waals surface area contributed by atoms with Gasteiger partial charge < -0.3 is 5.32 Å². The molecule has 2 aromatic carbocycles. The van der Waals surface area contributed by atoms with Crippen LogP contribution in [0.15, 0.2) is 53.4 Å². The van der Waals surface area contributed by atoms with Gasteiger partial charge in [0.2, 0.25) is 9.84 Å². The first-order chi connectivity index (χ1) is 11.1. The summed E-state index contributed by atoms with van der Waals surface area (Å²) in [7, 11) is -4.65. The second kappa shape index (κ2) is 6.76. The largest absolute Gasteiger partial charge is 0.416 e. The molecule has 9 heteroatoms. The molecule has 0 bridgehead atoms. The summed E-state index contributed by atoms with van der Waals surface area (Å²) in [6.07, 6.45) is -4.40. The Morgan fingerprint density at radius 1 is 0.917 bits per heavy atom. The fourth-order valence-corrected chi connectivity index (χ4v) is 2.60. The quantitative estimate of drug-likeness (QED) is 0.803. The fraction of sp³-hybridized carbons (Fsp3) is 0.200. The smallest absolute Gasteiger partial charge is 0.381 e. The summed E-state index contributed by atoms with van der Waals surface area (Å²) in [5.41, 5.74) is 0.267. The van der Waals surface area contributed by atoms with Crippen molar-refractivity contribution in [1.82, 2.24) is 0 Å². The number of hydrogen-bond donors (Lipinski definition) is 1. The Hall–Kier alpha value is -2.16. The predicted molar refractivity (Wildman–Crippen MR) is 78.4 cm³/mol. The molecule has 1 N–H and O–H groups in total. The van der Waals surface area contributed by atoms with Crippen LogP contribution in [0.4, 0.5) is 27.6 Å². The first kappa shape index (κ1) is 18.2. The van der Waals surface area contributed by atoms with Crippen molar-refractivity contribution in [2.45, 2.75) is 23.4 Å². The van der Waals surface area contributed by atoms with Crippen LogP contribution in [0.25, 0.3) is 0 Å². The molecule has 0 saturated heterocycles. The molecule has 0 aliphatic rings. The van der Waals surface area contributed by atoms with Crippen LogP contribution in [0.5, 0.6) is 0 Å². The molecule has 2 rings (SSSR count). The lowest BCUT2D eigenvalue weighted by Crippen LogP contribution is -2.11. The molecule has 0 heterocycles. The lowest BCUT2D eigenvalue weighted by Gasteiger charge is -2.10. The van der Waals surface area contributed by atoms with Gasteiger partial charge in [0, 0.05) is 12.2 Å². The maximum absolute atomic E-state index is 12.4. The first-order valence-corrected chi connectivity index (χ1v) is 8.17. The van der Waals surface area contributed by atoms with Crippen molar-refractivity contribution in [3.05, 3.63) is 59.7 Å². The Morgan fingerprint density at radius 2 is 1.46 bits per heavy atom. The molecule has 0 spiro atoms. The molecule has 3 nitrogen and oxygen atoms in total. The van der Waals surface area contributed by atoms with E-state index in [-0.39, 0.29) is 6.54 Å². The van der Waals surface area contributed by atoms with Crippen molar-refractivity contribution in [1.29, 1.82) is 0 Å². The third kappa shape index (κ3) is 4.22. The Bertz CT molecular complexity index is 784. The predicted octanol–water partition coefficient (Wildman–Crippen LogP) is 4.31. The van der Waals surface area contributed by atoms with Crippen molar-refractivity contribution in [2.75, 3.05) is 5.32 Å². The van der Waals surface area contributed by atoms with Crippen LogP contribution in [-0.2, 0) is 22.6 Å². The third-order valence-electron chi connectivity index (χ3n) is 3.20. The maximum Gasteiger partial charge on any atom is 0.416 e. The summed E-state index contributed by atoms with van der Waals surface area (Å²) in [4.78, 5) is -0.502. The highest BCUT2D eigenvalue weighted by Crippen LogP contribution is 2.29. The summed E-state index contributed by atoms with van der Waals surface area (Å²) in [5, 5.41) is 2.86. The van der Waals surface area contributed by atoms with Crippen LogP contribution >= 0.6 is 0 Å². The lowest BCUT2D eigenvalue weighted by atomic mass is 10.1. The number of alkyl halides is 5. The molecule has 0 radical (unpaired) electrons. The average Bonchev–Trinajstić information content (AvgIpc) is 2.52. The van der Waals surface area contributed by atoms with Gasteiger partial charge >= 0.3 is 11.9 Å². The van der Waals surface area contributed by atoms with E-state index in [1.165, 1.54) is 24.3 Å². The highest BCUT2D eigenvalue weighted by atomic mass is 32.2. The molecule has 0 aromatic heterocycles. The number of nitrogens with one attached hydrogen (secondary N) is 1. The molecule has 0 atom stereocenters. The minimum absolute atomic E-state index is 0.194. The fourth-order valence-electron chi connectivity index (χ4n) is 1.88. The van der Waals surface area contributed by atoms with E-state index in [0.717, 1.165) is 24.3 Å². The van der Waals surface area contributed by atoms with Gasteiger partial charge in [-0.15, -0.1) is 0 Å². The Morgan fingerprint density at radius 3 is 1.92 bits per heavy atom. The van der Waals surface area contributed by atoms with Gasteiger partial charge in [-0.1, -0.05) is 12.1 Å². The maximum atomic E-state index is 12.4. The number of hydrogen-bond acceptors (Lipinski definition) is 3. The van der Waals surface area contributed by atoms with Crippen molar-refractivity contribution < 1.29 is 30.4 Å². The van der Waals surface area contributed by atoms with Gasteiger partial charge in [0.1, 0.15) is 0 Å². The van der Waals surface area contributed by atoms with E-state index in [9.17, 15) is 30.4 Å². The van der Waals surface area contributed by atoms with Gasteiger partial charge in [0.05, 0.1) is 10.5 Å².